The van der Waals surface area contributed by atoms with Crippen molar-refractivity contribution in [2.45, 2.75) is 0 Å². The van der Waals surface area contributed by atoms with Crippen LogP contribution in [0, 0.1) is 0 Å². The summed E-state index contributed by atoms with van der Waals surface area (Å²) in [6.45, 7) is 0. The van der Waals surface area contributed by atoms with Crippen molar-refractivity contribution < 1.29 is 4.79 Å². The monoisotopic (exact) mass is 357 g/mol. The first-order valence-electron chi connectivity index (χ1n) is 7.16. The molecular weight excluding hydrogens is 345 g/mol. The van der Waals surface area contributed by atoms with Crippen LogP contribution in [0.25, 0.3) is 5.69 Å². The second-order valence-corrected chi connectivity index (χ2v) is 5.81. The molecule has 0 atom stereocenters. The van der Waals surface area contributed by atoms with Gasteiger partial charge < -0.3 is 4.57 Å². The quantitative estimate of drug-likeness (QED) is 0.540. The lowest BCUT2D eigenvalue weighted by Crippen LogP contribution is -2.18. The van der Waals surface area contributed by atoms with E-state index >= 15 is 0 Å². The van der Waals surface area contributed by atoms with Gasteiger partial charge in [-0.15, -0.1) is 0 Å². The zero-order valence-corrected chi connectivity index (χ0v) is 14.0. The fourth-order valence-corrected chi connectivity index (χ4v) is 2.71. The van der Waals surface area contributed by atoms with Gasteiger partial charge in [0.1, 0.15) is 0 Å². The van der Waals surface area contributed by atoms with Crippen molar-refractivity contribution in [2.75, 3.05) is 0 Å². The molecule has 1 N–H and O–H groups in total. The van der Waals surface area contributed by atoms with Crippen molar-refractivity contribution in [3.63, 3.8) is 0 Å². The third kappa shape index (κ3) is 3.67. The van der Waals surface area contributed by atoms with E-state index in [2.05, 4.69) is 10.5 Å². The summed E-state index contributed by atoms with van der Waals surface area (Å²) >= 11 is 11.8. The molecule has 0 spiro atoms. The summed E-state index contributed by atoms with van der Waals surface area (Å²) in [5, 5.41) is 4.76. The molecule has 0 aliphatic heterocycles. The molecule has 3 rings (SSSR count). The lowest BCUT2D eigenvalue weighted by Gasteiger charge is -2.06. The zero-order chi connectivity index (χ0) is 16.9. The van der Waals surface area contributed by atoms with Crippen LogP contribution in [0.2, 0.25) is 10.0 Å². The number of nitrogens with zero attached hydrogens (tertiary/aromatic N) is 2. The minimum Gasteiger partial charge on any atom is -0.316 e. The van der Waals surface area contributed by atoms with E-state index in [1.165, 1.54) is 6.07 Å². The van der Waals surface area contributed by atoms with Gasteiger partial charge in [-0.3, -0.25) is 4.79 Å². The summed E-state index contributed by atoms with van der Waals surface area (Å²) in [5.41, 5.74) is 4.63. The Hall–Kier alpha value is -2.56. The van der Waals surface area contributed by atoms with Crippen LogP contribution in [0.15, 0.2) is 72.0 Å². The highest BCUT2D eigenvalue weighted by Crippen LogP contribution is 2.20. The number of nitrogens with one attached hydrogen (secondary N) is 1. The van der Waals surface area contributed by atoms with Crippen LogP contribution in [-0.2, 0) is 0 Å². The topological polar surface area (TPSA) is 46.4 Å². The maximum absolute atomic E-state index is 12.1. The Morgan fingerprint density at radius 3 is 2.58 bits per heavy atom. The van der Waals surface area contributed by atoms with E-state index in [0.717, 1.165) is 11.4 Å². The largest absolute Gasteiger partial charge is 0.316 e. The molecular formula is C18H13Cl2N3O. The first-order valence-corrected chi connectivity index (χ1v) is 7.92. The van der Waals surface area contributed by atoms with Gasteiger partial charge in [0.2, 0.25) is 0 Å². The minimum atomic E-state index is -0.397. The molecule has 1 amide bonds. The Morgan fingerprint density at radius 2 is 1.83 bits per heavy atom. The van der Waals surface area contributed by atoms with Crippen LogP contribution in [-0.4, -0.2) is 16.7 Å². The average molecular weight is 358 g/mol. The van der Waals surface area contributed by atoms with Crippen LogP contribution < -0.4 is 5.43 Å². The minimum absolute atomic E-state index is 0.280. The van der Waals surface area contributed by atoms with Crippen LogP contribution in [0.5, 0.6) is 0 Å². The summed E-state index contributed by atoms with van der Waals surface area (Å²) in [4.78, 5) is 12.1. The van der Waals surface area contributed by atoms with Gasteiger partial charge in [0.25, 0.3) is 5.91 Å². The summed E-state index contributed by atoms with van der Waals surface area (Å²) in [7, 11) is 0. The van der Waals surface area contributed by atoms with E-state index in [9.17, 15) is 4.79 Å². The Labute approximate surface area is 149 Å². The van der Waals surface area contributed by atoms with Crippen LogP contribution in [0.3, 0.4) is 0 Å². The lowest BCUT2D eigenvalue weighted by molar-refractivity contribution is 0.0955. The number of benzene rings is 2. The molecule has 0 aliphatic rings. The Balaban J connectivity index is 1.74. The van der Waals surface area contributed by atoms with Crippen molar-refractivity contribution in [1.82, 2.24) is 9.99 Å². The van der Waals surface area contributed by atoms with Gasteiger partial charge in [0, 0.05) is 16.9 Å². The Kier molecular flexibility index (Phi) is 4.99. The van der Waals surface area contributed by atoms with Crippen LogP contribution in [0.1, 0.15) is 16.1 Å². The molecule has 3 aromatic rings. The van der Waals surface area contributed by atoms with E-state index in [0.29, 0.717) is 10.6 Å². The number of hydrogen-bond acceptors (Lipinski definition) is 2. The molecule has 4 nitrogen and oxygen atoms in total. The highest BCUT2D eigenvalue weighted by molar-refractivity contribution is 6.36. The number of hydrazone groups is 1. The van der Waals surface area contributed by atoms with Gasteiger partial charge in [0.05, 0.1) is 22.5 Å². The van der Waals surface area contributed by atoms with Crippen LogP contribution >= 0.6 is 23.2 Å². The third-order valence-electron chi connectivity index (χ3n) is 3.35. The number of rotatable bonds is 4. The van der Waals surface area contributed by atoms with E-state index in [-0.39, 0.29) is 5.02 Å². The molecule has 6 heteroatoms. The van der Waals surface area contributed by atoms with E-state index in [1.807, 2.05) is 53.2 Å². The molecule has 24 heavy (non-hydrogen) atoms. The van der Waals surface area contributed by atoms with Gasteiger partial charge in [0.15, 0.2) is 0 Å². The van der Waals surface area contributed by atoms with Crippen molar-refractivity contribution >= 4 is 35.3 Å². The Bertz CT molecular complexity index is 888. The number of halogens is 2. The van der Waals surface area contributed by atoms with Crippen molar-refractivity contribution in [1.29, 1.82) is 0 Å². The number of hydrogen-bond donors (Lipinski definition) is 1. The normalized spacial score (nSPS) is 10.9. The molecule has 0 unspecified atom stereocenters. The molecule has 0 fully saturated rings. The average Bonchev–Trinajstić information content (AvgIpc) is 3.04. The highest BCUT2D eigenvalue weighted by atomic mass is 35.5. The van der Waals surface area contributed by atoms with Gasteiger partial charge in [-0.25, -0.2) is 5.43 Å². The molecule has 0 radical (unpaired) electrons. The molecule has 0 saturated heterocycles. The number of amides is 1. The Morgan fingerprint density at radius 1 is 1.04 bits per heavy atom. The third-order valence-corrected chi connectivity index (χ3v) is 3.90. The van der Waals surface area contributed by atoms with E-state index in [1.54, 1.807) is 18.3 Å². The van der Waals surface area contributed by atoms with Crippen molar-refractivity contribution in [3.8, 4) is 5.69 Å². The predicted molar refractivity (Wildman–Crippen MR) is 97.3 cm³/mol. The molecule has 1 aromatic heterocycles. The van der Waals surface area contributed by atoms with E-state index in [4.69, 9.17) is 23.2 Å². The van der Waals surface area contributed by atoms with Gasteiger partial charge >= 0.3 is 0 Å². The number of aromatic nitrogens is 1. The maximum atomic E-state index is 12.1. The van der Waals surface area contributed by atoms with Gasteiger partial charge in [-0.2, -0.15) is 5.10 Å². The van der Waals surface area contributed by atoms with Crippen LogP contribution in [0.4, 0.5) is 0 Å². The zero-order valence-electron chi connectivity index (χ0n) is 12.5. The fourth-order valence-electron chi connectivity index (χ4n) is 2.21. The molecule has 120 valence electrons. The number of para-hydroxylation sites is 1. The molecule has 2 aromatic carbocycles. The predicted octanol–water partition coefficient (Wildman–Crippen LogP) is 4.55. The number of carbonyl (C=O) groups excluding carboxylic acids is 1. The second-order valence-electron chi connectivity index (χ2n) is 4.96. The fraction of sp³-hybridized carbons (Fsp3) is 0. The van der Waals surface area contributed by atoms with Gasteiger partial charge in [-0.05, 0) is 42.5 Å². The first-order chi connectivity index (χ1) is 11.6. The van der Waals surface area contributed by atoms with Crippen molar-refractivity contribution in [2.24, 2.45) is 5.10 Å². The standard InChI is InChI=1S/C18H13Cl2N3O/c19-13-8-9-16(17(20)11-13)18(24)22-21-12-15-7-4-10-23(15)14-5-2-1-3-6-14/h1-12H,(H,22,24)/b21-12-. The SMILES string of the molecule is O=C(N/N=C\c1cccn1-c1ccccc1)c1ccc(Cl)cc1Cl. The smallest absolute Gasteiger partial charge is 0.272 e. The highest BCUT2D eigenvalue weighted by Gasteiger charge is 2.09. The lowest BCUT2D eigenvalue weighted by atomic mass is 10.2. The van der Waals surface area contributed by atoms with Gasteiger partial charge in [-0.1, -0.05) is 41.4 Å². The molecule has 1 heterocycles. The first kappa shape index (κ1) is 16.3. The molecule has 0 bridgehead atoms. The summed E-state index contributed by atoms with van der Waals surface area (Å²) in [5.74, 6) is -0.397. The second kappa shape index (κ2) is 7.34. The van der Waals surface area contributed by atoms with Crippen molar-refractivity contribution in [3.05, 3.63) is 88.2 Å². The van der Waals surface area contributed by atoms with E-state index < -0.39 is 5.91 Å². The molecule has 0 aliphatic carbocycles. The maximum Gasteiger partial charge on any atom is 0.272 e. The molecule has 0 saturated carbocycles. The summed E-state index contributed by atoms with van der Waals surface area (Å²) in [6.07, 6.45) is 3.50. The number of carbonyl (C=O) groups is 1. The summed E-state index contributed by atoms with van der Waals surface area (Å²) < 4.78 is 1.96. The summed E-state index contributed by atoms with van der Waals surface area (Å²) in [6, 6.07) is 18.3.